The van der Waals surface area contributed by atoms with Gasteiger partial charge in [-0.1, -0.05) is 6.07 Å². The number of benzene rings is 1. The van der Waals surface area contributed by atoms with Gasteiger partial charge in [-0.05, 0) is 79.0 Å². The molecule has 1 aliphatic heterocycles. The van der Waals surface area contributed by atoms with E-state index in [2.05, 4.69) is 33.9 Å². The van der Waals surface area contributed by atoms with Crippen molar-refractivity contribution in [3.05, 3.63) is 36.8 Å². The summed E-state index contributed by atoms with van der Waals surface area (Å²) < 4.78 is 9.01. The second-order valence-corrected chi connectivity index (χ2v) is 11.0. The molecule has 4 aromatic rings. The Balaban J connectivity index is 1.42. The summed E-state index contributed by atoms with van der Waals surface area (Å²) in [5, 5.41) is 6.60. The number of anilines is 1. The molecule has 0 aliphatic carbocycles. The number of nitrogens with two attached hydrogens (primary N) is 1. The Morgan fingerprint density at radius 1 is 1.14 bits per heavy atom. The fraction of sp³-hybridized carbons (Fsp3) is 0.481. The van der Waals surface area contributed by atoms with Crippen molar-refractivity contribution in [1.29, 1.82) is 0 Å². The molecule has 1 aliphatic rings. The zero-order valence-electron chi connectivity index (χ0n) is 22.3. The number of hydrogen-bond acceptors (Lipinski definition) is 8. The minimum absolute atomic E-state index is 0.405. The van der Waals surface area contributed by atoms with Crippen LogP contribution in [0.3, 0.4) is 0 Å². The van der Waals surface area contributed by atoms with Crippen LogP contribution in [0.1, 0.15) is 33.6 Å². The van der Waals surface area contributed by atoms with Crippen LogP contribution in [0.25, 0.3) is 33.2 Å². The summed E-state index contributed by atoms with van der Waals surface area (Å²) in [7, 11) is 4.32. The zero-order valence-corrected chi connectivity index (χ0v) is 22.3. The molecule has 0 radical (unpaired) electrons. The van der Waals surface area contributed by atoms with Gasteiger partial charge in [0.2, 0.25) is 0 Å². The molecule has 1 fully saturated rings. The Morgan fingerprint density at radius 3 is 2.59 bits per heavy atom. The van der Waals surface area contributed by atoms with E-state index < -0.39 is 11.7 Å². The molecule has 5 rings (SSSR count). The first kappa shape index (κ1) is 25.2. The number of fused-ring (bicyclic) bond motifs is 2. The summed E-state index contributed by atoms with van der Waals surface area (Å²) in [4.78, 5) is 26.2. The molecule has 0 amide bonds. The SMILES string of the molecule is CN(C)C1CCN(CCn2nc(-c3ccc4c(ccn4C(=O)OC(C)(C)C)c3)c3c(N)ncnc32)CC1. The highest BCUT2D eigenvalue weighted by Crippen LogP contribution is 2.32. The summed E-state index contributed by atoms with van der Waals surface area (Å²) in [6, 6.07) is 8.43. The lowest BCUT2D eigenvalue weighted by Gasteiger charge is -2.35. The first-order valence-corrected chi connectivity index (χ1v) is 12.8. The third-order valence-corrected chi connectivity index (χ3v) is 7.03. The number of carbonyl (C=O) groups excluding carboxylic acids is 1. The fourth-order valence-corrected chi connectivity index (χ4v) is 5.04. The fourth-order valence-electron chi connectivity index (χ4n) is 5.04. The maximum absolute atomic E-state index is 12.7. The smallest absolute Gasteiger partial charge is 0.418 e. The lowest BCUT2D eigenvalue weighted by atomic mass is 10.0. The molecular weight excluding hydrogens is 468 g/mol. The van der Waals surface area contributed by atoms with E-state index in [9.17, 15) is 4.79 Å². The normalized spacial score (nSPS) is 15.7. The molecule has 1 saturated heterocycles. The van der Waals surface area contributed by atoms with Crippen molar-refractivity contribution in [2.24, 2.45) is 0 Å². The molecular formula is C27H36N8O2. The monoisotopic (exact) mass is 504 g/mol. The standard InChI is InChI=1S/C27H36N8O2/c1-27(2,3)37-26(36)34-13-8-18-16-19(6-7-21(18)34)23-22-24(28)29-17-30-25(22)35(31-23)15-14-33-11-9-20(10-12-33)32(4)5/h6-8,13,16-17,20H,9-12,14-15H2,1-5H3,(H2,28,29,30). The Hall–Kier alpha value is -3.50. The minimum Gasteiger partial charge on any atom is -0.443 e. The minimum atomic E-state index is -0.570. The lowest BCUT2D eigenvalue weighted by molar-refractivity contribution is 0.0544. The molecule has 1 aromatic carbocycles. The number of piperidine rings is 1. The number of carbonyl (C=O) groups is 1. The zero-order chi connectivity index (χ0) is 26.3. The summed E-state index contributed by atoms with van der Waals surface area (Å²) in [6.07, 6.45) is 5.17. The van der Waals surface area contributed by atoms with E-state index in [1.54, 1.807) is 6.20 Å². The van der Waals surface area contributed by atoms with Gasteiger partial charge in [0.05, 0.1) is 17.4 Å². The van der Waals surface area contributed by atoms with Gasteiger partial charge in [0.25, 0.3) is 0 Å². The van der Waals surface area contributed by atoms with Crippen LogP contribution >= 0.6 is 0 Å². The summed E-state index contributed by atoms with van der Waals surface area (Å²) in [5.74, 6) is 0.407. The average Bonchev–Trinajstić information content (AvgIpc) is 3.44. The van der Waals surface area contributed by atoms with Crippen molar-refractivity contribution in [3.63, 3.8) is 0 Å². The highest BCUT2D eigenvalue weighted by molar-refractivity contribution is 6.00. The molecule has 0 unspecified atom stereocenters. The van der Waals surface area contributed by atoms with E-state index in [1.165, 1.54) is 23.7 Å². The maximum atomic E-state index is 12.7. The molecule has 0 atom stereocenters. The first-order valence-electron chi connectivity index (χ1n) is 12.8. The number of rotatable bonds is 5. The van der Waals surface area contributed by atoms with Gasteiger partial charge in [0.1, 0.15) is 23.4 Å². The number of nitrogen functional groups attached to an aromatic ring is 1. The summed E-state index contributed by atoms with van der Waals surface area (Å²) in [5.41, 5.74) is 8.89. The van der Waals surface area contributed by atoms with Crippen molar-refractivity contribution in [2.75, 3.05) is 39.5 Å². The van der Waals surface area contributed by atoms with E-state index in [1.807, 2.05) is 49.7 Å². The van der Waals surface area contributed by atoms with Gasteiger partial charge in [0, 0.05) is 29.7 Å². The van der Waals surface area contributed by atoms with Gasteiger partial charge in [-0.25, -0.2) is 19.4 Å². The summed E-state index contributed by atoms with van der Waals surface area (Å²) in [6.45, 7) is 9.35. The van der Waals surface area contributed by atoms with Crippen LogP contribution in [0.15, 0.2) is 36.8 Å². The molecule has 0 bridgehead atoms. The molecule has 0 saturated carbocycles. The van der Waals surface area contributed by atoms with Gasteiger partial charge in [0.15, 0.2) is 5.65 Å². The Morgan fingerprint density at radius 2 is 1.89 bits per heavy atom. The van der Waals surface area contributed by atoms with Gasteiger partial charge in [-0.2, -0.15) is 5.10 Å². The molecule has 2 N–H and O–H groups in total. The molecule has 3 aromatic heterocycles. The summed E-state index contributed by atoms with van der Waals surface area (Å²) >= 11 is 0. The molecule has 10 heteroatoms. The highest BCUT2D eigenvalue weighted by atomic mass is 16.6. The van der Waals surface area contributed by atoms with Crippen LogP contribution in [0, 0.1) is 0 Å². The molecule has 0 spiro atoms. The van der Waals surface area contributed by atoms with Crippen molar-refractivity contribution < 1.29 is 9.53 Å². The van der Waals surface area contributed by atoms with Gasteiger partial charge in [-0.3, -0.25) is 4.57 Å². The topological polar surface area (TPSA) is 107 Å². The van der Waals surface area contributed by atoms with E-state index in [0.717, 1.165) is 59.4 Å². The van der Waals surface area contributed by atoms with E-state index in [-0.39, 0.29) is 0 Å². The second kappa shape index (κ2) is 9.75. The Kier molecular flexibility index (Phi) is 6.63. The van der Waals surface area contributed by atoms with Crippen LogP contribution in [0.4, 0.5) is 10.6 Å². The lowest BCUT2D eigenvalue weighted by Crippen LogP contribution is -2.42. The van der Waals surface area contributed by atoms with E-state index >= 15 is 0 Å². The van der Waals surface area contributed by atoms with Gasteiger partial charge < -0.3 is 20.3 Å². The Labute approximate surface area is 217 Å². The predicted molar refractivity (Wildman–Crippen MR) is 145 cm³/mol. The molecule has 37 heavy (non-hydrogen) atoms. The number of likely N-dealkylation sites (tertiary alicyclic amines) is 1. The molecule has 4 heterocycles. The van der Waals surface area contributed by atoms with Crippen LogP contribution in [-0.4, -0.2) is 85.6 Å². The van der Waals surface area contributed by atoms with E-state index in [4.69, 9.17) is 15.6 Å². The number of hydrogen-bond donors (Lipinski definition) is 1. The quantitative estimate of drug-likeness (QED) is 0.437. The average molecular weight is 505 g/mol. The van der Waals surface area contributed by atoms with Crippen LogP contribution in [0.2, 0.25) is 0 Å². The van der Waals surface area contributed by atoms with Crippen molar-refractivity contribution >= 4 is 33.8 Å². The largest absolute Gasteiger partial charge is 0.443 e. The predicted octanol–water partition coefficient (Wildman–Crippen LogP) is 3.84. The number of nitrogens with zero attached hydrogens (tertiary/aromatic N) is 7. The van der Waals surface area contributed by atoms with Gasteiger partial charge >= 0.3 is 6.09 Å². The highest BCUT2D eigenvalue weighted by Gasteiger charge is 2.23. The van der Waals surface area contributed by atoms with Crippen molar-refractivity contribution in [1.82, 2.24) is 34.1 Å². The van der Waals surface area contributed by atoms with Gasteiger partial charge in [-0.15, -0.1) is 0 Å². The van der Waals surface area contributed by atoms with Crippen molar-refractivity contribution in [3.8, 4) is 11.3 Å². The van der Waals surface area contributed by atoms with Crippen LogP contribution < -0.4 is 5.73 Å². The Bertz CT molecular complexity index is 1420. The maximum Gasteiger partial charge on any atom is 0.418 e. The number of ether oxygens (including phenoxy) is 1. The van der Waals surface area contributed by atoms with Crippen LogP contribution in [-0.2, 0) is 11.3 Å². The third kappa shape index (κ3) is 5.17. The molecule has 196 valence electrons. The first-order chi connectivity index (χ1) is 17.6. The molecule has 10 nitrogen and oxygen atoms in total. The third-order valence-electron chi connectivity index (χ3n) is 7.03. The number of aromatic nitrogens is 5. The second-order valence-electron chi connectivity index (χ2n) is 11.0. The van der Waals surface area contributed by atoms with E-state index in [0.29, 0.717) is 11.9 Å². The van der Waals surface area contributed by atoms with Crippen LogP contribution in [0.5, 0.6) is 0 Å². The van der Waals surface area contributed by atoms with Crippen molar-refractivity contribution in [2.45, 2.75) is 51.8 Å².